The minimum Gasteiger partial charge on any atom is -0.378 e. The van der Waals surface area contributed by atoms with Crippen LogP contribution in [-0.4, -0.2) is 40.1 Å². The zero-order valence-corrected chi connectivity index (χ0v) is 18.3. The summed E-state index contributed by atoms with van der Waals surface area (Å²) in [6.45, 7) is 0. The fourth-order valence-corrected chi connectivity index (χ4v) is 3.60. The third kappa shape index (κ3) is 4.27. The van der Waals surface area contributed by atoms with E-state index in [2.05, 4.69) is 20.6 Å². The Labute approximate surface area is 190 Å². The van der Waals surface area contributed by atoms with Crippen molar-refractivity contribution in [1.29, 1.82) is 0 Å². The number of amides is 2. The monoisotopic (exact) mass is 437 g/mol. The molecule has 0 aliphatic rings. The molecule has 5 aromatic rings. The van der Waals surface area contributed by atoms with Crippen molar-refractivity contribution in [2.45, 2.75) is 0 Å². The molecule has 8 heteroatoms. The molecule has 4 N–H and O–H groups in total. The zero-order valence-electron chi connectivity index (χ0n) is 18.3. The van der Waals surface area contributed by atoms with Gasteiger partial charge in [-0.3, -0.25) is 0 Å². The molecule has 0 spiro atoms. The average Bonchev–Trinajstić information content (AvgIpc) is 3.53. The Morgan fingerprint density at radius 1 is 0.758 bits per heavy atom. The molecule has 3 heterocycles. The van der Waals surface area contributed by atoms with Crippen LogP contribution in [0, 0.1) is 0 Å². The number of carbonyl (C=O) groups excluding carboxylic acids is 1. The van der Waals surface area contributed by atoms with E-state index in [0.29, 0.717) is 16.9 Å². The fourth-order valence-electron chi connectivity index (χ4n) is 3.60. The number of rotatable bonds is 5. The van der Waals surface area contributed by atoms with E-state index >= 15 is 0 Å². The molecule has 8 nitrogen and oxygen atoms in total. The van der Waals surface area contributed by atoms with Gasteiger partial charge in [-0.2, -0.15) is 0 Å². The van der Waals surface area contributed by atoms with Crippen LogP contribution in [0.1, 0.15) is 0 Å². The first-order valence-electron chi connectivity index (χ1n) is 10.5. The average molecular weight is 438 g/mol. The van der Waals surface area contributed by atoms with Gasteiger partial charge in [-0.25, -0.2) is 14.8 Å². The van der Waals surface area contributed by atoms with Crippen LogP contribution < -0.4 is 15.5 Å². The largest absolute Gasteiger partial charge is 0.378 e. The van der Waals surface area contributed by atoms with Crippen LogP contribution in [0.25, 0.3) is 33.8 Å². The molecule has 5 rings (SSSR count). The highest BCUT2D eigenvalue weighted by molar-refractivity contribution is 6.01. The molecular weight excluding hydrogens is 414 g/mol. The molecular formula is C25H23N7O. The van der Waals surface area contributed by atoms with Gasteiger partial charge in [0.2, 0.25) is 0 Å². The van der Waals surface area contributed by atoms with E-state index in [1.54, 1.807) is 0 Å². The van der Waals surface area contributed by atoms with Gasteiger partial charge in [-0.05, 0) is 66.7 Å². The van der Waals surface area contributed by atoms with Crippen LogP contribution in [0.4, 0.5) is 21.9 Å². The third-order valence-electron chi connectivity index (χ3n) is 5.27. The number of nitrogens with zero attached hydrogens (tertiary/aromatic N) is 3. The van der Waals surface area contributed by atoms with Gasteiger partial charge in [0.15, 0.2) is 0 Å². The summed E-state index contributed by atoms with van der Waals surface area (Å²) in [6, 6.07) is 20.6. The Morgan fingerprint density at radius 2 is 1.33 bits per heavy atom. The lowest BCUT2D eigenvalue weighted by Crippen LogP contribution is -2.19. The summed E-state index contributed by atoms with van der Waals surface area (Å²) in [5.41, 5.74) is 7.07. The Hall–Kier alpha value is -4.59. The summed E-state index contributed by atoms with van der Waals surface area (Å²) in [5, 5.41) is 5.73. The Bertz CT molecular complexity index is 1390. The van der Waals surface area contributed by atoms with Crippen LogP contribution in [0.2, 0.25) is 0 Å². The molecule has 0 aliphatic heterocycles. The van der Waals surface area contributed by atoms with Crippen molar-refractivity contribution in [1.82, 2.24) is 19.9 Å². The lowest BCUT2D eigenvalue weighted by atomic mass is 10.1. The number of aromatic nitrogens is 4. The second kappa shape index (κ2) is 8.51. The Balaban J connectivity index is 1.42. The van der Waals surface area contributed by atoms with E-state index in [-0.39, 0.29) is 6.03 Å². The Morgan fingerprint density at radius 3 is 1.91 bits per heavy atom. The van der Waals surface area contributed by atoms with E-state index < -0.39 is 0 Å². The number of benzene rings is 2. The van der Waals surface area contributed by atoms with Gasteiger partial charge in [0.05, 0.1) is 22.4 Å². The molecule has 0 saturated heterocycles. The van der Waals surface area contributed by atoms with Crippen molar-refractivity contribution in [2.24, 2.45) is 0 Å². The molecule has 2 amide bonds. The van der Waals surface area contributed by atoms with Gasteiger partial charge in [0.25, 0.3) is 0 Å². The van der Waals surface area contributed by atoms with E-state index in [0.717, 1.165) is 34.0 Å². The van der Waals surface area contributed by atoms with Gasteiger partial charge in [-0.15, -0.1) is 0 Å². The second-order valence-corrected chi connectivity index (χ2v) is 7.81. The molecule has 0 bridgehead atoms. The molecule has 2 aromatic carbocycles. The molecule has 3 aromatic heterocycles. The zero-order chi connectivity index (χ0) is 22.8. The maximum absolute atomic E-state index is 12.5. The van der Waals surface area contributed by atoms with Crippen LogP contribution in [0.5, 0.6) is 0 Å². The summed E-state index contributed by atoms with van der Waals surface area (Å²) in [7, 11) is 3.94. The predicted octanol–water partition coefficient (Wildman–Crippen LogP) is 5.33. The fraction of sp³-hybridized carbons (Fsp3) is 0.0800. The molecule has 0 unspecified atom stereocenters. The smallest absolute Gasteiger partial charge is 0.323 e. The topological polar surface area (TPSA) is 102 Å². The number of hydrogen-bond acceptors (Lipinski definition) is 4. The van der Waals surface area contributed by atoms with Crippen molar-refractivity contribution in [3.63, 3.8) is 0 Å². The van der Waals surface area contributed by atoms with Crippen LogP contribution in [0.3, 0.4) is 0 Å². The molecule has 33 heavy (non-hydrogen) atoms. The Kier molecular flexibility index (Phi) is 5.24. The highest BCUT2D eigenvalue weighted by atomic mass is 16.2. The summed E-state index contributed by atoms with van der Waals surface area (Å²) in [4.78, 5) is 30.6. The molecule has 0 fully saturated rings. The summed E-state index contributed by atoms with van der Waals surface area (Å²) in [6.07, 6.45) is 3.71. The van der Waals surface area contributed by atoms with Gasteiger partial charge in [0.1, 0.15) is 11.4 Å². The standard InChI is InChI=1S/C25H23N7O/c1-32(2)18-10-7-16(8-11-18)28-25(33)29-17-9-12-19-22(15-17)31-24(21-6-4-14-27-21)23(30-19)20-5-3-13-26-20/h3-15,26-27H,1-2H3,(H2,28,29,33). The van der Waals surface area contributed by atoms with Crippen molar-refractivity contribution in [2.75, 3.05) is 29.6 Å². The third-order valence-corrected chi connectivity index (χ3v) is 5.27. The number of urea groups is 1. The van der Waals surface area contributed by atoms with Crippen molar-refractivity contribution in [3.8, 4) is 22.8 Å². The van der Waals surface area contributed by atoms with E-state index in [1.165, 1.54) is 0 Å². The minimum absolute atomic E-state index is 0.326. The van der Waals surface area contributed by atoms with Crippen molar-refractivity contribution in [3.05, 3.63) is 79.1 Å². The summed E-state index contributed by atoms with van der Waals surface area (Å²) >= 11 is 0. The SMILES string of the molecule is CN(C)c1ccc(NC(=O)Nc2ccc3nc(-c4ccc[nH]4)c(-c4ccc[nH]4)nc3c2)cc1. The van der Waals surface area contributed by atoms with Crippen molar-refractivity contribution >= 4 is 34.1 Å². The number of fused-ring (bicyclic) bond motifs is 1. The summed E-state index contributed by atoms with van der Waals surface area (Å²) < 4.78 is 0. The summed E-state index contributed by atoms with van der Waals surface area (Å²) in [5.74, 6) is 0. The molecule has 0 saturated carbocycles. The van der Waals surface area contributed by atoms with E-state index in [1.807, 2.05) is 98.1 Å². The van der Waals surface area contributed by atoms with Gasteiger partial charge < -0.3 is 25.5 Å². The second-order valence-electron chi connectivity index (χ2n) is 7.81. The van der Waals surface area contributed by atoms with Crippen LogP contribution >= 0.6 is 0 Å². The lowest BCUT2D eigenvalue weighted by molar-refractivity contribution is 0.262. The van der Waals surface area contributed by atoms with Crippen LogP contribution in [-0.2, 0) is 0 Å². The van der Waals surface area contributed by atoms with Crippen molar-refractivity contribution < 1.29 is 4.79 Å². The number of anilines is 3. The number of H-pyrrole nitrogens is 2. The number of hydrogen-bond donors (Lipinski definition) is 4. The first-order chi connectivity index (χ1) is 16.1. The van der Waals surface area contributed by atoms with Gasteiger partial charge >= 0.3 is 6.03 Å². The minimum atomic E-state index is -0.326. The first-order valence-corrected chi connectivity index (χ1v) is 10.5. The number of nitrogens with one attached hydrogen (secondary N) is 4. The van der Waals surface area contributed by atoms with Crippen LogP contribution in [0.15, 0.2) is 79.1 Å². The first kappa shape index (κ1) is 20.3. The predicted molar refractivity (Wildman–Crippen MR) is 133 cm³/mol. The molecule has 0 radical (unpaired) electrons. The maximum atomic E-state index is 12.5. The molecule has 0 atom stereocenters. The number of aromatic amines is 2. The molecule has 0 aliphatic carbocycles. The normalized spacial score (nSPS) is 10.8. The number of carbonyl (C=O) groups is 1. The van der Waals surface area contributed by atoms with E-state index in [4.69, 9.17) is 9.97 Å². The van der Waals surface area contributed by atoms with Gasteiger partial charge in [0, 0.05) is 43.6 Å². The molecule has 164 valence electrons. The lowest BCUT2D eigenvalue weighted by Gasteiger charge is -2.13. The highest BCUT2D eigenvalue weighted by Crippen LogP contribution is 2.30. The highest BCUT2D eigenvalue weighted by Gasteiger charge is 2.15. The van der Waals surface area contributed by atoms with E-state index in [9.17, 15) is 4.79 Å². The maximum Gasteiger partial charge on any atom is 0.323 e. The quantitative estimate of drug-likeness (QED) is 0.298. The van der Waals surface area contributed by atoms with Gasteiger partial charge in [-0.1, -0.05) is 0 Å².